The third-order valence-corrected chi connectivity index (χ3v) is 7.24. The van der Waals surface area contributed by atoms with Gasteiger partial charge in [0.25, 0.3) is 0 Å². The topological polar surface area (TPSA) is 98.0 Å². The van der Waals surface area contributed by atoms with E-state index in [2.05, 4.69) is 37.3 Å². The number of aliphatic hydroxyl groups is 3. The molecular weight excluding hydrogens is 392 g/mol. The van der Waals surface area contributed by atoms with E-state index in [1.807, 2.05) is 0 Å². The fourth-order valence-corrected chi connectivity index (χ4v) is 5.42. The third kappa shape index (κ3) is 6.64. The smallest absolute Gasteiger partial charge is 0.303 e. The molecule has 172 valence electrons. The van der Waals surface area contributed by atoms with Crippen molar-refractivity contribution in [3.63, 3.8) is 0 Å². The van der Waals surface area contributed by atoms with Gasteiger partial charge in [-0.2, -0.15) is 0 Å². The first-order valence-electron chi connectivity index (χ1n) is 11.9. The molecule has 2 aliphatic rings. The zero-order valence-electron chi connectivity index (χ0n) is 18.6. The van der Waals surface area contributed by atoms with Crippen molar-refractivity contribution in [2.24, 2.45) is 17.8 Å². The highest BCUT2D eigenvalue weighted by Gasteiger charge is 2.41. The average molecular weight is 431 g/mol. The first-order valence-corrected chi connectivity index (χ1v) is 11.9. The van der Waals surface area contributed by atoms with E-state index in [-0.39, 0.29) is 24.2 Å². The Bertz CT molecular complexity index is 848. The second-order valence-corrected chi connectivity index (χ2v) is 9.59. The van der Waals surface area contributed by atoms with E-state index in [1.165, 1.54) is 16.0 Å². The van der Waals surface area contributed by atoms with Gasteiger partial charge in [-0.15, -0.1) is 0 Å². The maximum atomic E-state index is 10.8. The van der Waals surface area contributed by atoms with Gasteiger partial charge in [-0.1, -0.05) is 55.2 Å². The minimum atomic E-state index is -0.751. The second kappa shape index (κ2) is 11.3. The Balaban J connectivity index is 1.49. The van der Waals surface area contributed by atoms with Crippen molar-refractivity contribution in [1.29, 1.82) is 0 Å². The molecule has 0 radical (unpaired) electrons. The fourth-order valence-electron chi connectivity index (χ4n) is 5.42. The Hall–Kier alpha value is -1.69. The van der Waals surface area contributed by atoms with Crippen molar-refractivity contribution >= 4 is 18.1 Å². The maximum absolute atomic E-state index is 10.8. The lowest BCUT2D eigenvalue weighted by atomic mass is 9.82. The van der Waals surface area contributed by atoms with Crippen LogP contribution >= 0.6 is 0 Å². The van der Waals surface area contributed by atoms with E-state index in [9.17, 15) is 20.1 Å². The number of hydrogen-bond donors (Lipinski definition) is 4. The van der Waals surface area contributed by atoms with Gasteiger partial charge < -0.3 is 20.4 Å². The van der Waals surface area contributed by atoms with Crippen LogP contribution in [0.4, 0.5) is 0 Å². The molecule has 31 heavy (non-hydrogen) atoms. The van der Waals surface area contributed by atoms with Gasteiger partial charge in [0.1, 0.15) is 0 Å². The minimum Gasteiger partial charge on any atom is -0.481 e. The van der Waals surface area contributed by atoms with Crippen molar-refractivity contribution < 1.29 is 25.2 Å². The van der Waals surface area contributed by atoms with Crippen LogP contribution in [0.1, 0.15) is 69.8 Å². The first kappa shape index (κ1) is 24.0. The normalized spacial score (nSPS) is 28.5. The van der Waals surface area contributed by atoms with Crippen LogP contribution in [-0.4, -0.2) is 44.7 Å². The molecule has 5 nitrogen and oxygen atoms in total. The van der Waals surface area contributed by atoms with E-state index in [1.54, 1.807) is 0 Å². The Morgan fingerprint density at radius 3 is 2.48 bits per heavy atom. The largest absolute Gasteiger partial charge is 0.481 e. The molecule has 1 fully saturated rings. The highest BCUT2D eigenvalue weighted by atomic mass is 16.4. The Morgan fingerprint density at radius 2 is 1.74 bits per heavy atom. The zero-order chi connectivity index (χ0) is 22.4. The van der Waals surface area contributed by atoms with Gasteiger partial charge >= 0.3 is 5.97 Å². The summed E-state index contributed by atoms with van der Waals surface area (Å²) in [5, 5.41) is 42.9. The fraction of sp³-hybridized carbons (Fsp3) is 0.654. The van der Waals surface area contributed by atoms with Crippen LogP contribution in [0.25, 0.3) is 12.2 Å². The second-order valence-electron chi connectivity index (χ2n) is 9.59. The standard InChI is InChI=1S/C26H38O5/c1-17-8-9-19-15-20(11-10-18(19)14-17)23(27)13-12-22-21(24(28)16-25(22)29)6-4-2-3-5-7-26(30)31/h8-10,14-15,20-25,27-29H,2-7,11-13,16H2,1H3,(H,30,31)/t20?,21-,22?,23?,24+,25-/m1/s1. The summed E-state index contributed by atoms with van der Waals surface area (Å²) in [4.78, 5) is 10.6. The summed E-state index contributed by atoms with van der Waals surface area (Å²) in [7, 11) is 0. The molecule has 5 heteroatoms. The number of hydrogen-bond acceptors (Lipinski definition) is 4. The zero-order valence-corrected chi connectivity index (χ0v) is 18.6. The summed E-state index contributed by atoms with van der Waals surface area (Å²) in [6.45, 7) is 2.09. The molecule has 4 N–H and O–H groups in total. The molecule has 0 spiro atoms. The van der Waals surface area contributed by atoms with Crippen LogP contribution in [-0.2, 0) is 4.79 Å². The number of unbranched alkanes of at least 4 members (excludes halogenated alkanes) is 3. The number of aryl methyl sites for hydroxylation is 1. The molecule has 0 saturated heterocycles. The van der Waals surface area contributed by atoms with Crippen molar-refractivity contribution in [2.75, 3.05) is 0 Å². The number of aliphatic carboxylic acids is 1. The van der Waals surface area contributed by atoms with Gasteiger partial charge in [-0.3, -0.25) is 4.79 Å². The molecule has 1 aromatic carbocycles. The van der Waals surface area contributed by atoms with Gasteiger partial charge in [-0.05, 0) is 67.7 Å². The Labute approximate surface area is 185 Å². The molecule has 1 aromatic rings. The molecule has 3 unspecified atom stereocenters. The van der Waals surface area contributed by atoms with E-state index >= 15 is 0 Å². The third-order valence-electron chi connectivity index (χ3n) is 7.24. The van der Waals surface area contributed by atoms with Crippen molar-refractivity contribution in [2.45, 2.75) is 89.4 Å². The summed E-state index contributed by atoms with van der Waals surface area (Å²) < 4.78 is 0. The lowest BCUT2D eigenvalue weighted by Gasteiger charge is -2.27. The van der Waals surface area contributed by atoms with Gasteiger partial charge in [0.15, 0.2) is 0 Å². The Morgan fingerprint density at radius 1 is 1.03 bits per heavy atom. The summed E-state index contributed by atoms with van der Waals surface area (Å²) in [6.07, 6.45) is 10.1. The van der Waals surface area contributed by atoms with Crippen molar-refractivity contribution in [3.8, 4) is 0 Å². The lowest BCUT2D eigenvalue weighted by molar-refractivity contribution is -0.137. The van der Waals surface area contributed by atoms with Gasteiger partial charge in [-0.25, -0.2) is 0 Å². The van der Waals surface area contributed by atoms with Crippen LogP contribution < -0.4 is 10.4 Å². The minimum absolute atomic E-state index is 0.0196. The monoisotopic (exact) mass is 430 g/mol. The number of carbonyl (C=O) groups is 1. The highest BCUT2D eigenvalue weighted by molar-refractivity contribution is 5.66. The number of carboxylic acids is 1. The summed E-state index contributed by atoms with van der Waals surface area (Å²) >= 11 is 0. The van der Waals surface area contributed by atoms with Crippen LogP contribution in [0.2, 0.25) is 0 Å². The lowest BCUT2D eigenvalue weighted by Crippen LogP contribution is -2.33. The molecule has 0 heterocycles. The summed E-state index contributed by atoms with van der Waals surface area (Å²) in [5.41, 5.74) is 1.24. The van der Waals surface area contributed by atoms with E-state index in [4.69, 9.17) is 5.11 Å². The molecule has 2 aliphatic carbocycles. The SMILES string of the molecule is Cc1ccc2c(c1)=CCC(C(O)CCC1[C@H](O)C[C@H](O)[C@@H]1CCCCCCC(=O)O)C=2. The predicted octanol–water partition coefficient (Wildman–Crippen LogP) is 2.50. The number of benzene rings is 1. The van der Waals surface area contributed by atoms with Crippen LogP contribution in [0, 0.1) is 24.7 Å². The van der Waals surface area contributed by atoms with Crippen molar-refractivity contribution in [1.82, 2.24) is 0 Å². The average Bonchev–Trinajstić information content (AvgIpc) is 3.00. The molecular formula is C26H38O5. The molecule has 1 saturated carbocycles. The molecule has 0 amide bonds. The van der Waals surface area contributed by atoms with Crippen LogP contribution in [0.15, 0.2) is 18.2 Å². The summed E-state index contributed by atoms with van der Waals surface area (Å²) in [6, 6.07) is 6.39. The molecule has 6 atom stereocenters. The molecule has 0 aliphatic heterocycles. The maximum Gasteiger partial charge on any atom is 0.303 e. The highest BCUT2D eigenvalue weighted by Crippen LogP contribution is 2.39. The van der Waals surface area contributed by atoms with E-state index in [0.29, 0.717) is 25.7 Å². The molecule has 0 bridgehead atoms. The number of rotatable bonds is 11. The van der Waals surface area contributed by atoms with Gasteiger partial charge in [0, 0.05) is 12.3 Å². The quantitative estimate of drug-likeness (QED) is 0.405. The summed E-state index contributed by atoms with van der Waals surface area (Å²) in [5.74, 6) is -0.579. The van der Waals surface area contributed by atoms with E-state index in [0.717, 1.165) is 32.1 Å². The number of fused-ring (bicyclic) bond motifs is 1. The van der Waals surface area contributed by atoms with Gasteiger partial charge in [0.2, 0.25) is 0 Å². The van der Waals surface area contributed by atoms with Crippen LogP contribution in [0.3, 0.4) is 0 Å². The van der Waals surface area contributed by atoms with Crippen LogP contribution in [0.5, 0.6) is 0 Å². The predicted molar refractivity (Wildman–Crippen MR) is 122 cm³/mol. The van der Waals surface area contributed by atoms with Crippen molar-refractivity contribution in [3.05, 3.63) is 34.2 Å². The van der Waals surface area contributed by atoms with E-state index < -0.39 is 24.3 Å². The van der Waals surface area contributed by atoms with Gasteiger partial charge in [0.05, 0.1) is 18.3 Å². The molecule has 3 rings (SSSR count). The number of aliphatic hydroxyl groups excluding tert-OH is 3. The Kier molecular flexibility index (Phi) is 8.70. The first-order chi connectivity index (χ1) is 14.8. The molecule has 0 aromatic heterocycles. The number of carboxylic acid groups (broad SMARTS) is 1.